The van der Waals surface area contributed by atoms with Crippen LogP contribution in [0.5, 0.6) is 0 Å². The van der Waals surface area contributed by atoms with Gasteiger partial charge in [-0.25, -0.2) is 4.98 Å². The van der Waals surface area contributed by atoms with Crippen LogP contribution in [0.25, 0.3) is 0 Å². The Kier molecular flexibility index (Phi) is 4.37. The van der Waals surface area contributed by atoms with Crippen molar-refractivity contribution in [2.45, 2.75) is 38.8 Å². The van der Waals surface area contributed by atoms with E-state index in [2.05, 4.69) is 29.0 Å². The number of hydrogen-bond donors (Lipinski definition) is 2. The van der Waals surface area contributed by atoms with Crippen molar-refractivity contribution in [2.24, 2.45) is 5.73 Å². The van der Waals surface area contributed by atoms with Crippen molar-refractivity contribution in [2.75, 3.05) is 18.0 Å². The summed E-state index contributed by atoms with van der Waals surface area (Å²) in [5, 5.41) is 3.47. The molecule has 104 valence electrons. The van der Waals surface area contributed by atoms with E-state index in [1.165, 1.54) is 12.8 Å². The lowest BCUT2D eigenvalue weighted by atomic mass is 10.1. The van der Waals surface area contributed by atoms with Crippen LogP contribution in [0.4, 0.5) is 5.82 Å². The molecule has 1 fully saturated rings. The van der Waals surface area contributed by atoms with E-state index in [-0.39, 0.29) is 6.04 Å². The molecule has 3 N–H and O–H groups in total. The van der Waals surface area contributed by atoms with Gasteiger partial charge in [-0.1, -0.05) is 0 Å². The molecule has 2 heterocycles. The molecule has 5 heteroatoms. The first-order valence-electron chi connectivity index (χ1n) is 6.84. The highest BCUT2D eigenvalue weighted by molar-refractivity contribution is 5.97. The van der Waals surface area contributed by atoms with Crippen LogP contribution < -0.4 is 16.0 Å². The van der Waals surface area contributed by atoms with Gasteiger partial charge in [-0.05, 0) is 45.4 Å². The number of carbonyl (C=O) groups excluding carboxylic acids is 1. The van der Waals surface area contributed by atoms with Crippen LogP contribution in [0.3, 0.4) is 0 Å². The van der Waals surface area contributed by atoms with Gasteiger partial charge in [0.1, 0.15) is 5.82 Å². The second-order valence-electron chi connectivity index (χ2n) is 5.28. The van der Waals surface area contributed by atoms with Gasteiger partial charge in [0.25, 0.3) is 5.91 Å². The van der Waals surface area contributed by atoms with Crippen molar-refractivity contribution in [3.05, 3.63) is 23.9 Å². The van der Waals surface area contributed by atoms with Gasteiger partial charge in [0.05, 0.1) is 5.56 Å². The van der Waals surface area contributed by atoms with Gasteiger partial charge in [0.2, 0.25) is 0 Å². The minimum Gasteiger partial charge on any atom is -0.365 e. The molecule has 1 atom stereocenters. The minimum atomic E-state index is -0.423. The summed E-state index contributed by atoms with van der Waals surface area (Å²) in [4.78, 5) is 18.0. The molecule has 1 unspecified atom stereocenters. The van der Waals surface area contributed by atoms with E-state index in [9.17, 15) is 4.79 Å². The van der Waals surface area contributed by atoms with Crippen LogP contribution >= 0.6 is 0 Å². The molecule has 0 aliphatic carbocycles. The summed E-state index contributed by atoms with van der Waals surface area (Å²) in [6.45, 7) is 6.14. The molecule has 0 saturated carbocycles. The average Bonchev–Trinajstić information content (AvgIpc) is 2.88. The van der Waals surface area contributed by atoms with Crippen molar-refractivity contribution >= 4 is 11.7 Å². The van der Waals surface area contributed by atoms with Crippen molar-refractivity contribution in [1.29, 1.82) is 0 Å². The van der Waals surface area contributed by atoms with Crippen LogP contribution in [0.2, 0.25) is 0 Å². The zero-order valence-electron chi connectivity index (χ0n) is 11.6. The SMILES string of the molecule is CC(C)N(CC1CCCN1)c1ncccc1C(N)=O. The Morgan fingerprint density at radius 1 is 1.63 bits per heavy atom. The highest BCUT2D eigenvalue weighted by Crippen LogP contribution is 2.21. The van der Waals surface area contributed by atoms with Crippen LogP contribution in [0, 0.1) is 0 Å². The van der Waals surface area contributed by atoms with E-state index >= 15 is 0 Å². The number of nitrogens with zero attached hydrogens (tertiary/aromatic N) is 2. The lowest BCUT2D eigenvalue weighted by molar-refractivity contribution is 0.100. The zero-order valence-corrected chi connectivity index (χ0v) is 11.6. The fourth-order valence-corrected chi connectivity index (χ4v) is 2.51. The molecule has 2 rings (SSSR count). The number of anilines is 1. The second-order valence-corrected chi connectivity index (χ2v) is 5.28. The lowest BCUT2D eigenvalue weighted by Gasteiger charge is -2.31. The molecule has 1 aliphatic rings. The topological polar surface area (TPSA) is 71.2 Å². The molecule has 1 aromatic rings. The van der Waals surface area contributed by atoms with Gasteiger partial charge < -0.3 is 16.0 Å². The van der Waals surface area contributed by atoms with Crippen molar-refractivity contribution in [1.82, 2.24) is 10.3 Å². The number of nitrogens with one attached hydrogen (secondary N) is 1. The number of hydrogen-bond acceptors (Lipinski definition) is 4. The smallest absolute Gasteiger partial charge is 0.252 e. The summed E-state index contributed by atoms with van der Waals surface area (Å²) in [7, 11) is 0. The molecule has 1 aromatic heterocycles. The van der Waals surface area contributed by atoms with Crippen LogP contribution in [-0.2, 0) is 0 Å². The molecule has 1 saturated heterocycles. The number of pyridine rings is 1. The molecule has 1 amide bonds. The highest BCUT2D eigenvalue weighted by Gasteiger charge is 2.23. The second kappa shape index (κ2) is 6.02. The highest BCUT2D eigenvalue weighted by atomic mass is 16.1. The van der Waals surface area contributed by atoms with Gasteiger partial charge in [-0.2, -0.15) is 0 Å². The molecule has 0 bridgehead atoms. The summed E-state index contributed by atoms with van der Waals surface area (Å²) < 4.78 is 0. The standard InChI is InChI=1S/C14H22N4O/c1-10(2)18(9-11-5-3-7-16-11)14-12(13(15)19)6-4-8-17-14/h4,6,8,10-11,16H,3,5,7,9H2,1-2H3,(H2,15,19). The number of aromatic nitrogens is 1. The van der Waals surface area contributed by atoms with Crippen LogP contribution in [0.1, 0.15) is 37.0 Å². The lowest BCUT2D eigenvalue weighted by Crippen LogP contribution is -2.42. The maximum atomic E-state index is 11.5. The Hall–Kier alpha value is -1.62. The predicted molar refractivity (Wildman–Crippen MR) is 76.3 cm³/mol. The van der Waals surface area contributed by atoms with Gasteiger partial charge in [-0.15, -0.1) is 0 Å². The quantitative estimate of drug-likeness (QED) is 0.835. The molecule has 5 nitrogen and oxygen atoms in total. The van der Waals surface area contributed by atoms with Crippen molar-refractivity contribution in [3.63, 3.8) is 0 Å². The van der Waals surface area contributed by atoms with Crippen molar-refractivity contribution in [3.8, 4) is 0 Å². The third kappa shape index (κ3) is 3.23. The maximum absolute atomic E-state index is 11.5. The number of primary amides is 1. The molecule has 0 radical (unpaired) electrons. The fraction of sp³-hybridized carbons (Fsp3) is 0.571. The van der Waals surface area contributed by atoms with E-state index in [0.29, 0.717) is 17.4 Å². The Balaban J connectivity index is 2.25. The van der Waals surface area contributed by atoms with E-state index in [1.54, 1.807) is 18.3 Å². The number of nitrogens with two attached hydrogens (primary N) is 1. The van der Waals surface area contributed by atoms with E-state index in [4.69, 9.17) is 5.73 Å². The molecule has 1 aliphatic heterocycles. The van der Waals surface area contributed by atoms with E-state index in [0.717, 1.165) is 13.1 Å². The summed E-state index contributed by atoms with van der Waals surface area (Å²) in [6.07, 6.45) is 4.09. The van der Waals surface area contributed by atoms with Gasteiger partial charge in [-0.3, -0.25) is 4.79 Å². The summed E-state index contributed by atoms with van der Waals surface area (Å²) in [5.41, 5.74) is 5.93. The monoisotopic (exact) mass is 262 g/mol. The Morgan fingerprint density at radius 3 is 3.00 bits per heavy atom. The van der Waals surface area contributed by atoms with Crippen molar-refractivity contribution < 1.29 is 4.79 Å². The maximum Gasteiger partial charge on any atom is 0.252 e. The first-order chi connectivity index (χ1) is 9.09. The van der Waals surface area contributed by atoms with Crippen LogP contribution in [-0.4, -0.2) is 36.1 Å². The molecular weight excluding hydrogens is 240 g/mol. The Bertz CT molecular complexity index is 441. The Morgan fingerprint density at radius 2 is 2.42 bits per heavy atom. The molecular formula is C14H22N4O. The minimum absolute atomic E-state index is 0.274. The largest absolute Gasteiger partial charge is 0.365 e. The number of amides is 1. The molecule has 0 aromatic carbocycles. The fourth-order valence-electron chi connectivity index (χ4n) is 2.51. The third-order valence-corrected chi connectivity index (χ3v) is 3.53. The van der Waals surface area contributed by atoms with E-state index < -0.39 is 5.91 Å². The predicted octanol–water partition coefficient (Wildman–Crippen LogP) is 1.15. The van der Waals surface area contributed by atoms with Gasteiger partial charge in [0.15, 0.2) is 0 Å². The summed E-state index contributed by atoms with van der Waals surface area (Å²) in [5.74, 6) is 0.270. The summed E-state index contributed by atoms with van der Waals surface area (Å²) in [6, 6.07) is 4.22. The van der Waals surface area contributed by atoms with E-state index in [1.807, 2.05) is 0 Å². The van der Waals surface area contributed by atoms with Gasteiger partial charge in [0, 0.05) is 24.8 Å². The zero-order chi connectivity index (χ0) is 13.8. The third-order valence-electron chi connectivity index (χ3n) is 3.53. The average molecular weight is 262 g/mol. The first-order valence-corrected chi connectivity index (χ1v) is 6.84. The normalized spacial score (nSPS) is 18.8. The Labute approximate surface area is 114 Å². The molecule has 0 spiro atoms. The van der Waals surface area contributed by atoms with Gasteiger partial charge >= 0.3 is 0 Å². The summed E-state index contributed by atoms with van der Waals surface area (Å²) >= 11 is 0. The number of rotatable bonds is 5. The first kappa shape index (κ1) is 13.8. The number of carbonyl (C=O) groups is 1. The van der Waals surface area contributed by atoms with Crippen LogP contribution in [0.15, 0.2) is 18.3 Å². The molecule has 19 heavy (non-hydrogen) atoms.